The third-order valence-corrected chi connectivity index (χ3v) is 5.39. The SMILES string of the molecule is COc1ccc(N2C=C(c3ccc(OC=C(C)C)cc3O)N=C(c3ccc(OC=C(C)C)cc3O)N2)cc1. The number of ether oxygens (including phenoxy) is 3. The van der Waals surface area contributed by atoms with Gasteiger partial charge < -0.3 is 24.4 Å². The molecule has 0 saturated carbocycles. The van der Waals surface area contributed by atoms with E-state index >= 15 is 0 Å². The van der Waals surface area contributed by atoms with Gasteiger partial charge in [-0.3, -0.25) is 10.4 Å². The number of hydrogen-bond acceptors (Lipinski definition) is 8. The van der Waals surface area contributed by atoms with Crippen molar-refractivity contribution in [3.05, 3.63) is 102 Å². The molecule has 1 aliphatic rings. The third kappa shape index (κ3) is 6.28. The molecule has 38 heavy (non-hydrogen) atoms. The fourth-order valence-corrected chi connectivity index (χ4v) is 3.53. The Morgan fingerprint density at radius 2 is 1.29 bits per heavy atom. The summed E-state index contributed by atoms with van der Waals surface area (Å²) in [7, 11) is 1.61. The molecule has 0 saturated heterocycles. The first-order valence-electron chi connectivity index (χ1n) is 12.0. The Kier molecular flexibility index (Phi) is 7.91. The zero-order chi connectivity index (χ0) is 27.2. The minimum Gasteiger partial charge on any atom is -0.507 e. The lowest BCUT2D eigenvalue weighted by molar-refractivity contribution is 0.415. The summed E-state index contributed by atoms with van der Waals surface area (Å²) in [6, 6.07) is 17.5. The van der Waals surface area contributed by atoms with Crippen LogP contribution in [0.4, 0.5) is 5.69 Å². The van der Waals surface area contributed by atoms with Gasteiger partial charge in [-0.2, -0.15) is 0 Å². The highest BCUT2D eigenvalue weighted by molar-refractivity contribution is 6.06. The predicted molar refractivity (Wildman–Crippen MR) is 149 cm³/mol. The minimum atomic E-state index is -0.0125. The predicted octanol–water partition coefficient (Wildman–Crippen LogP) is 6.48. The Balaban J connectivity index is 1.74. The Bertz CT molecular complexity index is 1430. The summed E-state index contributed by atoms with van der Waals surface area (Å²) in [5.41, 5.74) is 7.45. The van der Waals surface area contributed by atoms with Crippen molar-refractivity contribution in [1.29, 1.82) is 0 Å². The van der Waals surface area contributed by atoms with E-state index in [0.717, 1.165) is 22.6 Å². The van der Waals surface area contributed by atoms with E-state index in [2.05, 4.69) is 5.43 Å². The van der Waals surface area contributed by atoms with Crippen molar-refractivity contribution in [3.63, 3.8) is 0 Å². The number of nitrogens with one attached hydrogen (secondary N) is 1. The molecule has 0 fully saturated rings. The number of aliphatic imine (C=N–C) groups is 1. The molecular weight excluding hydrogens is 482 g/mol. The Hall–Kier alpha value is -4.85. The standard InChI is InChI=1S/C30H31N3O5/c1-19(2)17-37-23-10-12-25(28(34)14-23)27-16-33(21-6-8-22(36-5)9-7-21)32-30(31-27)26-13-11-24(15-29(26)35)38-18-20(3)4/h6-18,34-35H,1-5H3,(H,31,32). The van der Waals surface area contributed by atoms with Gasteiger partial charge in [-0.15, -0.1) is 0 Å². The first-order chi connectivity index (χ1) is 18.2. The van der Waals surface area contributed by atoms with Gasteiger partial charge >= 0.3 is 0 Å². The summed E-state index contributed by atoms with van der Waals surface area (Å²) in [4.78, 5) is 4.74. The maximum Gasteiger partial charge on any atom is 0.156 e. The van der Waals surface area contributed by atoms with E-state index in [9.17, 15) is 10.2 Å². The second kappa shape index (κ2) is 11.5. The molecule has 8 heteroatoms. The zero-order valence-electron chi connectivity index (χ0n) is 22.0. The topological polar surface area (TPSA) is 95.8 Å². The lowest BCUT2D eigenvalue weighted by Crippen LogP contribution is -2.41. The van der Waals surface area contributed by atoms with Gasteiger partial charge in [0.2, 0.25) is 0 Å². The van der Waals surface area contributed by atoms with Crippen molar-refractivity contribution < 1.29 is 24.4 Å². The van der Waals surface area contributed by atoms with E-state index in [1.54, 1.807) is 55.1 Å². The molecule has 1 heterocycles. The highest BCUT2D eigenvalue weighted by Crippen LogP contribution is 2.34. The van der Waals surface area contributed by atoms with Crippen LogP contribution in [-0.4, -0.2) is 23.2 Å². The smallest absolute Gasteiger partial charge is 0.156 e. The molecular formula is C30H31N3O5. The first kappa shape index (κ1) is 26.2. The molecule has 3 aromatic rings. The minimum absolute atomic E-state index is 0.00489. The van der Waals surface area contributed by atoms with Crippen LogP contribution in [0.5, 0.6) is 28.7 Å². The molecule has 3 N–H and O–H groups in total. The molecule has 196 valence electrons. The van der Waals surface area contributed by atoms with Gasteiger partial charge in [-0.05, 0) is 87.4 Å². The molecule has 8 nitrogen and oxygen atoms in total. The van der Waals surface area contributed by atoms with Crippen LogP contribution < -0.4 is 24.6 Å². The highest BCUT2D eigenvalue weighted by Gasteiger charge is 2.21. The molecule has 0 bridgehead atoms. The number of hydrogen-bond donors (Lipinski definition) is 3. The van der Waals surface area contributed by atoms with Crippen molar-refractivity contribution in [2.24, 2.45) is 4.99 Å². The second-order valence-corrected chi connectivity index (χ2v) is 9.14. The van der Waals surface area contributed by atoms with E-state index in [1.807, 2.05) is 52.0 Å². The Morgan fingerprint density at radius 3 is 1.79 bits per heavy atom. The van der Waals surface area contributed by atoms with Crippen molar-refractivity contribution in [2.45, 2.75) is 27.7 Å². The number of benzene rings is 3. The molecule has 4 rings (SSSR count). The lowest BCUT2D eigenvalue weighted by Gasteiger charge is -2.29. The van der Waals surface area contributed by atoms with Crippen LogP contribution in [-0.2, 0) is 0 Å². The van der Waals surface area contributed by atoms with E-state index < -0.39 is 0 Å². The van der Waals surface area contributed by atoms with Crippen molar-refractivity contribution in [2.75, 3.05) is 12.1 Å². The maximum absolute atomic E-state index is 10.8. The van der Waals surface area contributed by atoms with E-state index in [4.69, 9.17) is 19.2 Å². The van der Waals surface area contributed by atoms with Crippen LogP contribution in [0.2, 0.25) is 0 Å². The number of aromatic hydroxyl groups is 2. The molecule has 0 amide bonds. The third-order valence-electron chi connectivity index (χ3n) is 5.39. The van der Waals surface area contributed by atoms with E-state index in [-0.39, 0.29) is 11.5 Å². The van der Waals surface area contributed by atoms with Crippen LogP contribution in [0.15, 0.2) is 95.5 Å². The molecule has 0 aliphatic carbocycles. The lowest BCUT2D eigenvalue weighted by atomic mass is 10.1. The van der Waals surface area contributed by atoms with Crippen molar-refractivity contribution >= 4 is 17.2 Å². The molecule has 0 aromatic heterocycles. The number of hydrazine groups is 1. The number of amidine groups is 1. The van der Waals surface area contributed by atoms with Crippen LogP contribution in [0, 0.1) is 0 Å². The fourth-order valence-electron chi connectivity index (χ4n) is 3.53. The van der Waals surface area contributed by atoms with Gasteiger partial charge in [0.05, 0.1) is 42.8 Å². The van der Waals surface area contributed by atoms with Gasteiger partial charge in [-0.25, -0.2) is 4.99 Å². The summed E-state index contributed by atoms with van der Waals surface area (Å²) in [5, 5.41) is 23.4. The summed E-state index contributed by atoms with van der Waals surface area (Å²) in [6.07, 6.45) is 5.00. The number of methoxy groups -OCH3 is 1. The molecule has 0 radical (unpaired) electrons. The number of phenolic OH excluding ortho intramolecular Hbond substituents is 2. The number of anilines is 1. The van der Waals surface area contributed by atoms with Crippen LogP contribution in [0.25, 0.3) is 5.70 Å². The number of nitrogens with zero attached hydrogens (tertiary/aromatic N) is 2. The number of rotatable bonds is 8. The van der Waals surface area contributed by atoms with E-state index in [0.29, 0.717) is 34.2 Å². The Labute approximate surface area is 222 Å². The monoisotopic (exact) mass is 513 g/mol. The van der Waals surface area contributed by atoms with Gasteiger partial charge in [0.25, 0.3) is 0 Å². The largest absolute Gasteiger partial charge is 0.507 e. The number of allylic oxidation sites excluding steroid dienone is 2. The van der Waals surface area contributed by atoms with Crippen LogP contribution in [0.3, 0.4) is 0 Å². The van der Waals surface area contributed by atoms with Crippen LogP contribution in [0.1, 0.15) is 38.8 Å². The molecule has 0 spiro atoms. The average Bonchev–Trinajstić information content (AvgIpc) is 2.90. The summed E-state index contributed by atoms with van der Waals surface area (Å²) < 4.78 is 16.5. The van der Waals surface area contributed by atoms with Crippen LogP contribution >= 0.6 is 0 Å². The van der Waals surface area contributed by atoms with Crippen molar-refractivity contribution in [1.82, 2.24) is 5.43 Å². The molecule has 1 aliphatic heterocycles. The molecule has 0 unspecified atom stereocenters. The highest BCUT2D eigenvalue weighted by atomic mass is 16.5. The molecule has 3 aromatic carbocycles. The average molecular weight is 514 g/mol. The van der Waals surface area contributed by atoms with Gasteiger partial charge in [0.1, 0.15) is 28.7 Å². The van der Waals surface area contributed by atoms with Crippen molar-refractivity contribution in [3.8, 4) is 28.7 Å². The maximum atomic E-state index is 10.8. The Morgan fingerprint density at radius 1 is 0.763 bits per heavy atom. The normalized spacial score (nSPS) is 12.5. The zero-order valence-corrected chi connectivity index (χ0v) is 22.0. The quantitative estimate of drug-likeness (QED) is 0.297. The summed E-state index contributed by atoms with van der Waals surface area (Å²) in [6.45, 7) is 7.69. The van der Waals surface area contributed by atoms with E-state index in [1.165, 1.54) is 12.1 Å². The number of phenols is 2. The van der Waals surface area contributed by atoms with Gasteiger partial charge in [0.15, 0.2) is 5.84 Å². The second-order valence-electron chi connectivity index (χ2n) is 9.14. The van der Waals surface area contributed by atoms with Gasteiger partial charge in [0, 0.05) is 17.7 Å². The molecule has 0 atom stereocenters. The first-order valence-corrected chi connectivity index (χ1v) is 12.0. The van der Waals surface area contributed by atoms with Gasteiger partial charge in [-0.1, -0.05) is 0 Å². The fraction of sp³-hybridized carbons (Fsp3) is 0.167. The summed E-state index contributed by atoms with van der Waals surface area (Å²) >= 11 is 0. The summed E-state index contributed by atoms with van der Waals surface area (Å²) in [5.74, 6) is 2.10.